The predicted octanol–water partition coefficient (Wildman–Crippen LogP) is 3.87. The zero-order valence-electron chi connectivity index (χ0n) is 14.0. The smallest absolute Gasteiger partial charge is 0.254 e. The number of piperidine rings is 2. The molecule has 1 N–H and O–H groups in total. The second kappa shape index (κ2) is 7.12. The van der Waals surface area contributed by atoms with Crippen molar-refractivity contribution in [2.75, 3.05) is 26.2 Å². The van der Waals surface area contributed by atoms with E-state index in [0.717, 1.165) is 55.4 Å². The molecule has 2 aliphatic heterocycles. The molecule has 2 heterocycles. The maximum absolute atomic E-state index is 13.0. The summed E-state index contributed by atoms with van der Waals surface area (Å²) in [5.41, 5.74) is 1.34. The minimum absolute atomic E-state index is 0. The Bertz CT molecular complexity index is 709. The third-order valence-electron chi connectivity index (χ3n) is 5.80. The molecule has 4 heteroatoms. The van der Waals surface area contributed by atoms with Crippen molar-refractivity contribution in [3.05, 3.63) is 48.0 Å². The molecule has 24 heavy (non-hydrogen) atoms. The van der Waals surface area contributed by atoms with Crippen LogP contribution in [0.2, 0.25) is 0 Å². The Morgan fingerprint density at radius 3 is 2.33 bits per heavy atom. The van der Waals surface area contributed by atoms with Crippen LogP contribution in [0, 0.1) is 5.41 Å². The van der Waals surface area contributed by atoms with Gasteiger partial charge in [0.15, 0.2) is 0 Å². The molecule has 3 nitrogen and oxygen atoms in total. The van der Waals surface area contributed by atoms with Crippen LogP contribution >= 0.6 is 12.4 Å². The van der Waals surface area contributed by atoms with Gasteiger partial charge in [0.25, 0.3) is 5.91 Å². The average Bonchev–Trinajstić information content (AvgIpc) is 2.62. The van der Waals surface area contributed by atoms with Crippen LogP contribution in [0.4, 0.5) is 0 Å². The fraction of sp³-hybridized carbons (Fsp3) is 0.450. The number of fused-ring (bicyclic) bond motifs is 1. The fourth-order valence-electron chi connectivity index (χ4n) is 4.22. The van der Waals surface area contributed by atoms with Crippen LogP contribution in [0.5, 0.6) is 0 Å². The maximum atomic E-state index is 13.0. The van der Waals surface area contributed by atoms with Crippen LogP contribution in [0.15, 0.2) is 42.5 Å². The Hall–Kier alpha value is -1.58. The minimum atomic E-state index is 0. The Kier molecular flexibility index (Phi) is 5.12. The molecule has 1 spiro atoms. The number of carbonyl (C=O) groups is 1. The topological polar surface area (TPSA) is 32.3 Å². The molecule has 0 unspecified atom stereocenters. The van der Waals surface area contributed by atoms with E-state index < -0.39 is 0 Å². The van der Waals surface area contributed by atoms with Crippen molar-refractivity contribution in [2.45, 2.75) is 25.7 Å². The molecule has 2 fully saturated rings. The summed E-state index contributed by atoms with van der Waals surface area (Å²) in [7, 11) is 0. The molecule has 2 aromatic rings. The van der Waals surface area contributed by atoms with E-state index in [-0.39, 0.29) is 18.3 Å². The van der Waals surface area contributed by atoms with Crippen molar-refractivity contribution in [3.8, 4) is 0 Å². The van der Waals surface area contributed by atoms with E-state index in [1.165, 1.54) is 12.8 Å². The van der Waals surface area contributed by atoms with E-state index in [2.05, 4.69) is 28.4 Å². The first kappa shape index (κ1) is 17.2. The van der Waals surface area contributed by atoms with Gasteiger partial charge in [-0.25, -0.2) is 0 Å². The fourth-order valence-corrected chi connectivity index (χ4v) is 4.22. The number of nitrogens with zero attached hydrogens (tertiary/aromatic N) is 1. The molecule has 0 saturated carbocycles. The number of rotatable bonds is 1. The van der Waals surface area contributed by atoms with Gasteiger partial charge < -0.3 is 10.2 Å². The SMILES string of the molecule is Cl.O=C(c1cccc2ccccc12)N1CCC2(CCNCC2)CC1. The quantitative estimate of drug-likeness (QED) is 0.851. The van der Waals surface area contributed by atoms with Gasteiger partial charge >= 0.3 is 0 Å². The standard InChI is InChI=1S/C20H24N2O.ClH/c23-19(18-7-3-5-16-4-1-2-6-17(16)18)22-14-10-20(11-15-22)8-12-21-13-9-20;/h1-7,21H,8-15H2;1H. The van der Waals surface area contributed by atoms with Crippen molar-refractivity contribution in [1.82, 2.24) is 10.2 Å². The van der Waals surface area contributed by atoms with Crippen molar-refractivity contribution >= 4 is 29.1 Å². The van der Waals surface area contributed by atoms with Gasteiger partial charge in [-0.1, -0.05) is 36.4 Å². The number of hydrogen-bond donors (Lipinski definition) is 1. The molecule has 0 atom stereocenters. The summed E-state index contributed by atoms with van der Waals surface area (Å²) in [5, 5.41) is 5.67. The summed E-state index contributed by atoms with van der Waals surface area (Å²) < 4.78 is 0. The number of likely N-dealkylation sites (tertiary alicyclic amines) is 1. The molecular weight excluding hydrogens is 320 g/mol. The predicted molar refractivity (Wildman–Crippen MR) is 101 cm³/mol. The Labute approximate surface area is 149 Å². The molecule has 0 aromatic heterocycles. The van der Waals surface area contributed by atoms with E-state index in [9.17, 15) is 4.79 Å². The second-order valence-electron chi connectivity index (χ2n) is 7.07. The highest BCUT2D eigenvalue weighted by Gasteiger charge is 2.36. The first-order valence-corrected chi connectivity index (χ1v) is 8.75. The summed E-state index contributed by atoms with van der Waals surface area (Å²) in [6.45, 7) is 4.08. The molecule has 0 bridgehead atoms. The number of nitrogens with one attached hydrogen (secondary N) is 1. The zero-order valence-corrected chi connectivity index (χ0v) is 14.8. The summed E-state index contributed by atoms with van der Waals surface area (Å²) in [5.74, 6) is 0.200. The van der Waals surface area contributed by atoms with E-state index in [1.54, 1.807) is 0 Å². The normalized spacial score (nSPS) is 19.9. The van der Waals surface area contributed by atoms with Crippen LogP contribution in [0.3, 0.4) is 0 Å². The average molecular weight is 345 g/mol. The van der Waals surface area contributed by atoms with Gasteiger partial charge in [-0.05, 0) is 61.0 Å². The van der Waals surface area contributed by atoms with Crippen LogP contribution in [0.25, 0.3) is 10.8 Å². The first-order valence-electron chi connectivity index (χ1n) is 8.75. The van der Waals surface area contributed by atoms with Crippen LogP contribution < -0.4 is 5.32 Å². The van der Waals surface area contributed by atoms with Gasteiger partial charge in [-0.3, -0.25) is 4.79 Å². The lowest BCUT2D eigenvalue weighted by molar-refractivity contribution is 0.0497. The monoisotopic (exact) mass is 344 g/mol. The molecule has 2 aliphatic rings. The number of amides is 1. The molecule has 0 aliphatic carbocycles. The van der Waals surface area contributed by atoms with E-state index in [4.69, 9.17) is 0 Å². The van der Waals surface area contributed by atoms with Crippen molar-refractivity contribution in [3.63, 3.8) is 0 Å². The Morgan fingerprint density at radius 1 is 0.917 bits per heavy atom. The van der Waals surface area contributed by atoms with E-state index >= 15 is 0 Å². The lowest BCUT2D eigenvalue weighted by Crippen LogP contribution is -2.47. The maximum Gasteiger partial charge on any atom is 0.254 e. The van der Waals surface area contributed by atoms with Gasteiger partial charge in [0.1, 0.15) is 0 Å². The highest BCUT2D eigenvalue weighted by atomic mass is 35.5. The molecule has 0 radical (unpaired) electrons. The highest BCUT2D eigenvalue weighted by Crippen LogP contribution is 2.39. The summed E-state index contributed by atoms with van der Waals surface area (Å²) in [6, 6.07) is 14.2. The highest BCUT2D eigenvalue weighted by molar-refractivity contribution is 6.07. The zero-order chi connectivity index (χ0) is 15.7. The van der Waals surface area contributed by atoms with Crippen molar-refractivity contribution < 1.29 is 4.79 Å². The van der Waals surface area contributed by atoms with E-state index in [0.29, 0.717) is 5.41 Å². The first-order chi connectivity index (χ1) is 11.3. The summed E-state index contributed by atoms with van der Waals surface area (Å²) in [4.78, 5) is 15.1. The molecule has 2 saturated heterocycles. The molecular formula is C20H25ClN2O. The molecule has 1 amide bonds. The third-order valence-corrected chi connectivity index (χ3v) is 5.80. The van der Waals surface area contributed by atoms with Crippen LogP contribution in [-0.2, 0) is 0 Å². The summed E-state index contributed by atoms with van der Waals surface area (Å²) in [6.07, 6.45) is 4.85. The lowest BCUT2D eigenvalue weighted by atomic mass is 9.71. The number of halogens is 1. The van der Waals surface area contributed by atoms with Gasteiger partial charge in [-0.15, -0.1) is 12.4 Å². The number of carbonyl (C=O) groups excluding carboxylic acids is 1. The van der Waals surface area contributed by atoms with E-state index in [1.807, 2.05) is 24.3 Å². The number of benzene rings is 2. The van der Waals surface area contributed by atoms with Crippen LogP contribution in [0.1, 0.15) is 36.0 Å². The minimum Gasteiger partial charge on any atom is -0.339 e. The van der Waals surface area contributed by atoms with Gasteiger partial charge in [-0.2, -0.15) is 0 Å². The molecule has 2 aromatic carbocycles. The second-order valence-corrected chi connectivity index (χ2v) is 7.07. The van der Waals surface area contributed by atoms with Crippen molar-refractivity contribution in [1.29, 1.82) is 0 Å². The number of hydrogen-bond acceptors (Lipinski definition) is 2. The van der Waals surface area contributed by atoms with Crippen LogP contribution in [-0.4, -0.2) is 37.0 Å². The molecule has 128 valence electrons. The van der Waals surface area contributed by atoms with Gasteiger partial charge in [0, 0.05) is 18.7 Å². The van der Waals surface area contributed by atoms with Crippen molar-refractivity contribution in [2.24, 2.45) is 5.41 Å². The Morgan fingerprint density at radius 2 is 1.58 bits per heavy atom. The largest absolute Gasteiger partial charge is 0.339 e. The van der Waals surface area contributed by atoms with Gasteiger partial charge in [0.2, 0.25) is 0 Å². The van der Waals surface area contributed by atoms with Gasteiger partial charge in [0.05, 0.1) is 0 Å². The third kappa shape index (κ3) is 3.15. The Balaban J connectivity index is 0.00000169. The molecule has 4 rings (SSSR count). The lowest BCUT2D eigenvalue weighted by Gasteiger charge is -2.44. The summed E-state index contributed by atoms with van der Waals surface area (Å²) >= 11 is 0.